The van der Waals surface area contributed by atoms with Gasteiger partial charge in [0.15, 0.2) is 9.34 Å². The SMILES string of the molecule is CC(=O)Nc1nc(C)c(S(=O)(=O)Nc2cc(C(F)(F)F)ccc2Cl)s1. The Balaban J connectivity index is 2.40. The number of nitrogens with zero attached hydrogens (tertiary/aromatic N) is 1. The van der Waals surface area contributed by atoms with Crippen molar-refractivity contribution >= 4 is 49.7 Å². The number of hydrogen-bond acceptors (Lipinski definition) is 5. The van der Waals surface area contributed by atoms with Crippen molar-refractivity contribution in [1.82, 2.24) is 4.98 Å². The van der Waals surface area contributed by atoms with Gasteiger partial charge in [-0.05, 0) is 25.1 Å². The van der Waals surface area contributed by atoms with Crippen LogP contribution >= 0.6 is 22.9 Å². The maximum Gasteiger partial charge on any atom is 0.416 e. The maximum atomic E-state index is 12.8. The molecule has 1 aromatic carbocycles. The first-order valence-corrected chi connectivity index (χ1v) is 9.22. The molecule has 0 aliphatic carbocycles. The van der Waals surface area contributed by atoms with Crippen molar-refractivity contribution in [3.63, 3.8) is 0 Å². The van der Waals surface area contributed by atoms with Gasteiger partial charge in [-0.25, -0.2) is 13.4 Å². The first kappa shape index (κ1) is 19.5. The van der Waals surface area contributed by atoms with Gasteiger partial charge in [0.05, 0.1) is 22.0 Å². The Morgan fingerprint density at radius 3 is 2.52 bits per heavy atom. The summed E-state index contributed by atoms with van der Waals surface area (Å²) in [4.78, 5) is 14.9. The Kier molecular flexibility index (Phi) is 5.30. The molecule has 0 fully saturated rings. The largest absolute Gasteiger partial charge is 0.416 e. The number of sulfonamides is 1. The second-order valence-corrected chi connectivity index (χ2v) is 8.15. The molecule has 0 saturated heterocycles. The van der Waals surface area contributed by atoms with Gasteiger partial charge in [-0.3, -0.25) is 9.52 Å². The number of aromatic nitrogens is 1. The molecule has 0 saturated carbocycles. The van der Waals surface area contributed by atoms with Crippen LogP contribution < -0.4 is 10.0 Å². The fourth-order valence-electron chi connectivity index (χ4n) is 1.81. The Labute approximate surface area is 150 Å². The van der Waals surface area contributed by atoms with E-state index in [-0.39, 0.29) is 20.1 Å². The van der Waals surface area contributed by atoms with Gasteiger partial charge in [0.1, 0.15) is 0 Å². The predicted octanol–water partition coefficient (Wildman–Crippen LogP) is 3.88. The summed E-state index contributed by atoms with van der Waals surface area (Å²) in [6.45, 7) is 2.62. The molecule has 2 rings (SSSR count). The normalized spacial score (nSPS) is 12.1. The Morgan fingerprint density at radius 2 is 1.96 bits per heavy atom. The van der Waals surface area contributed by atoms with Crippen LogP contribution in [0.2, 0.25) is 5.02 Å². The molecule has 1 heterocycles. The maximum absolute atomic E-state index is 12.8. The molecule has 0 aliphatic rings. The quantitative estimate of drug-likeness (QED) is 0.796. The summed E-state index contributed by atoms with van der Waals surface area (Å²) in [6.07, 6.45) is -4.65. The molecule has 2 N–H and O–H groups in total. The molecular weight excluding hydrogens is 403 g/mol. The summed E-state index contributed by atoms with van der Waals surface area (Å²) in [5, 5.41) is 2.21. The number of thiazole rings is 1. The number of amides is 1. The lowest BCUT2D eigenvalue weighted by molar-refractivity contribution is -0.137. The summed E-state index contributed by atoms with van der Waals surface area (Å²) in [6, 6.07) is 2.29. The predicted molar refractivity (Wildman–Crippen MR) is 88.4 cm³/mol. The van der Waals surface area contributed by atoms with Crippen molar-refractivity contribution in [2.45, 2.75) is 24.2 Å². The molecule has 0 unspecified atom stereocenters. The van der Waals surface area contributed by atoms with Crippen molar-refractivity contribution in [2.24, 2.45) is 0 Å². The van der Waals surface area contributed by atoms with Gasteiger partial charge >= 0.3 is 6.18 Å². The van der Waals surface area contributed by atoms with Crippen molar-refractivity contribution in [3.05, 3.63) is 34.5 Å². The lowest BCUT2D eigenvalue weighted by atomic mass is 10.2. The minimum atomic E-state index is -4.65. The van der Waals surface area contributed by atoms with Gasteiger partial charge in [-0.2, -0.15) is 13.2 Å². The summed E-state index contributed by atoms with van der Waals surface area (Å²) in [7, 11) is -4.24. The minimum Gasteiger partial charge on any atom is -0.302 e. The van der Waals surface area contributed by atoms with Gasteiger partial charge < -0.3 is 5.32 Å². The average Bonchev–Trinajstić information content (AvgIpc) is 2.80. The third-order valence-electron chi connectivity index (χ3n) is 2.82. The lowest BCUT2D eigenvalue weighted by Crippen LogP contribution is -2.14. The molecule has 1 amide bonds. The van der Waals surface area contributed by atoms with Crippen molar-refractivity contribution in [3.8, 4) is 0 Å². The Morgan fingerprint density at radius 1 is 1.32 bits per heavy atom. The van der Waals surface area contributed by atoms with E-state index < -0.39 is 33.4 Å². The van der Waals surface area contributed by atoms with Crippen LogP contribution in [0.1, 0.15) is 18.2 Å². The van der Waals surface area contributed by atoms with Crippen LogP contribution in [-0.2, 0) is 21.0 Å². The van der Waals surface area contributed by atoms with Gasteiger partial charge in [0, 0.05) is 6.92 Å². The number of rotatable bonds is 4. The third-order valence-corrected chi connectivity index (χ3v) is 6.20. The van der Waals surface area contributed by atoms with E-state index in [1.165, 1.54) is 13.8 Å². The highest BCUT2D eigenvalue weighted by molar-refractivity contribution is 7.94. The zero-order valence-electron chi connectivity index (χ0n) is 12.7. The molecule has 2 aromatic rings. The lowest BCUT2D eigenvalue weighted by Gasteiger charge is -2.12. The van der Waals surface area contributed by atoms with Gasteiger partial charge in [0.25, 0.3) is 10.0 Å². The van der Waals surface area contributed by atoms with E-state index in [1.54, 1.807) is 0 Å². The summed E-state index contributed by atoms with van der Waals surface area (Å²) >= 11 is 6.46. The van der Waals surface area contributed by atoms with E-state index in [2.05, 4.69) is 10.3 Å². The van der Waals surface area contributed by atoms with Crippen LogP contribution in [0.25, 0.3) is 0 Å². The van der Waals surface area contributed by atoms with E-state index in [0.717, 1.165) is 12.1 Å². The number of aryl methyl sites for hydroxylation is 1. The van der Waals surface area contributed by atoms with Gasteiger partial charge in [-0.1, -0.05) is 22.9 Å². The van der Waals surface area contributed by atoms with E-state index in [4.69, 9.17) is 11.6 Å². The molecule has 6 nitrogen and oxygen atoms in total. The van der Waals surface area contributed by atoms with E-state index in [1.807, 2.05) is 4.72 Å². The highest BCUT2D eigenvalue weighted by Crippen LogP contribution is 2.35. The highest BCUT2D eigenvalue weighted by Gasteiger charge is 2.32. The average molecular weight is 414 g/mol. The molecule has 25 heavy (non-hydrogen) atoms. The van der Waals surface area contributed by atoms with Crippen LogP contribution in [-0.4, -0.2) is 19.3 Å². The summed E-state index contributed by atoms with van der Waals surface area (Å²) < 4.78 is 65.0. The molecule has 0 bridgehead atoms. The van der Waals surface area contributed by atoms with Crippen LogP contribution in [0.5, 0.6) is 0 Å². The molecule has 0 atom stereocenters. The van der Waals surface area contributed by atoms with Crippen molar-refractivity contribution in [1.29, 1.82) is 0 Å². The van der Waals surface area contributed by atoms with Crippen LogP contribution in [0.3, 0.4) is 0 Å². The molecule has 1 aromatic heterocycles. The topological polar surface area (TPSA) is 88.2 Å². The number of anilines is 2. The standard InChI is InChI=1S/C13H11ClF3N3O3S2/c1-6-11(24-12(18-6)19-7(2)21)25(22,23)20-10-5-8(13(15,16)17)3-4-9(10)14/h3-5,20H,1-2H3,(H,18,19,21). The molecule has 136 valence electrons. The molecular formula is C13H11ClF3N3O3S2. The molecule has 0 spiro atoms. The second-order valence-electron chi connectivity index (χ2n) is 4.87. The van der Waals surface area contributed by atoms with Crippen LogP contribution in [0, 0.1) is 6.92 Å². The van der Waals surface area contributed by atoms with E-state index in [9.17, 15) is 26.4 Å². The minimum absolute atomic E-state index is 0.0560. The van der Waals surface area contributed by atoms with Crippen molar-refractivity contribution in [2.75, 3.05) is 10.0 Å². The Hall–Kier alpha value is -1.85. The number of nitrogens with one attached hydrogen (secondary N) is 2. The first-order valence-electron chi connectivity index (χ1n) is 6.55. The zero-order chi connectivity index (χ0) is 19.0. The first-order chi connectivity index (χ1) is 11.4. The number of carbonyl (C=O) groups excluding carboxylic acids is 1. The number of benzene rings is 1. The zero-order valence-corrected chi connectivity index (χ0v) is 15.1. The fraction of sp³-hybridized carbons (Fsp3) is 0.231. The third kappa shape index (κ3) is 4.61. The fourth-order valence-corrected chi connectivity index (χ4v) is 4.56. The smallest absolute Gasteiger partial charge is 0.302 e. The van der Waals surface area contributed by atoms with Crippen LogP contribution in [0.15, 0.2) is 22.4 Å². The number of hydrogen-bond donors (Lipinski definition) is 2. The van der Waals surface area contributed by atoms with E-state index >= 15 is 0 Å². The van der Waals surface area contributed by atoms with Crippen molar-refractivity contribution < 1.29 is 26.4 Å². The van der Waals surface area contributed by atoms with Crippen LogP contribution in [0.4, 0.5) is 24.0 Å². The van der Waals surface area contributed by atoms with E-state index in [0.29, 0.717) is 17.4 Å². The number of halogens is 4. The molecule has 12 heteroatoms. The monoisotopic (exact) mass is 413 g/mol. The number of carbonyl (C=O) groups is 1. The highest BCUT2D eigenvalue weighted by atomic mass is 35.5. The molecule has 0 radical (unpaired) electrons. The summed E-state index contributed by atoms with van der Waals surface area (Å²) in [5.74, 6) is -0.438. The Bertz CT molecular complexity index is 926. The summed E-state index contributed by atoms with van der Waals surface area (Å²) in [5.41, 5.74) is -1.37. The second kappa shape index (κ2) is 6.81. The van der Waals surface area contributed by atoms with Gasteiger partial charge in [0.2, 0.25) is 5.91 Å². The number of alkyl halides is 3. The molecule has 0 aliphatic heterocycles. The van der Waals surface area contributed by atoms with Gasteiger partial charge in [-0.15, -0.1) is 0 Å².